The van der Waals surface area contributed by atoms with E-state index < -0.39 is 0 Å². The number of benzene rings is 2. The van der Waals surface area contributed by atoms with E-state index in [4.69, 9.17) is 4.74 Å². The minimum Gasteiger partial charge on any atom is -0.504 e. The maximum Gasteiger partial charge on any atom is 0.161 e. The molecule has 1 aliphatic rings. The number of phenolic OH excluding ortho intramolecular Hbond substituents is 1. The third kappa shape index (κ3) is 4.26. The van der Waals surface area contributed by atoms with E-state index in [2.05, 4.69) is 45.3 Å². The maximum atomic E-state index is 9.62. The topological polar surface area (TPSA) is 48.3 Å². The second-order valence-electron chi connectivity index (χ2n) is 5.89. The van der Waals surface area contributed by atoms with Gasteiger partial charge in [0.25, 0.3) is 0 Å². The first-order valence-electron chi connectivity index (χ1n) is 8.17. The van der Waals surface area contributed by atoms with Gasteiger partial charge < -0.3 is 9.84 Å². The standard InChI is InChI=1S/C19H23N3O2/c1-24-19-13-17(7-8-18(19)23)14-20-22-11-9-21(10-12-22)15-16-5-3-2-4-6-16/h2-8,13-14,23H,9-12,15H2,1H3/b20-14-. The zero-order valence-electron chi connectivity index (χ0n) is 13.9. The monoisotopic (exact) mass is 325 g/mol. The molecular formula is C19H23N3O2. The van der Waals surface area contributed by atoms with Gasteiger partial charge in [0.15, 0.2) is 11.5 Å². The van der Waals surface area contributed by atoms with Crippen LogP contribution in [0.5, 0.6) is 11.5 Å². The molecule has 1 saturated heterocycles. The number of hydrazone groups is 1. The molecule has 24 heavy (non-hydrogen) atoms. The highest BCUT2D eigenvalue weighted by Crippen LogP contribution is 2.25. The van der Waals surface area contributed by atoms with Gasteiger partial charge in [-0.05, 0) is 29.3 Å². The van der Waals surface area contributed by atoms with Gasteiger partial charge >= 0.3 is 0 Å². The highest BCUT2D eigenvalue weighted by atomic mass is 16.5. The van der Waals surface area contributed by atoms with Crippen LogP contribution in [0.4, 0.5) is 0 Å². The van der Waals surface area contributed by atoms with Crippen LogP contribution in [0.1, 0.15) is 11.1 Å². The molecule has 1 heterocycles. The summed E-state index contributed by atoms with van der Waals surface area (Å²) in [6.07, 6.45) is 1.81. The molecule has 0 atom stereocenters. The molecule has 0 bridgehead atoms. The van der Waals surface area contributed by atoms with Crippen molar-refractivity contribution in [2.45, 2.75) is 6.54 Å². The first kappa shape index (κ1) is 16.3. The summed E-state index contributed by atoms with van der Waals surface area (Å²) < 4.78 is 5.12. The van der Waals surface area contributed by atoms with E-state index >= 15 is 0 Å². The van der Waals surface area contributed by atoms with Gasteiger partial charge in [-0.2, -0.15) is 5.10 Å². The van der Waals surface area contributed by atoms with E-state index in [0.717, 1.165) is 38.3 Å². The lowest BCUT2D eigenvalue weighted by Crippen LogP contribution is -2.43. The fraction of sp³-hybridized carbons (Fsp3) is 0.316. The van der Waals surface area contributed by atoms with Crippen LogP contribution in [0.25, 0.3) is 0 Å². The van der Waals surface area contributed by atoms with Gasteiger partial charge in [-0.25, -0.2) is 0 Å². The fourth-order valence-electron chi connectivity index (χ4n) is 2.78. The van der Waals surface area contributed by atoms with Crippen LogP contribution in [-0.4, -0.2) is 54.5 Å². The van der Waals surface area contributed by atoms with Gasteiger partial charge in [-0.15, -0.1) is 0 Å². The summed E-state index contributed by atoms with van der Waals surface area (Å²) in [4.78, 5) is 2.45. The van der Waals surface area contributed by atoms with E-state index in [9.17, 15) is 5.11 Å². The van der Waals surface area contributed by atoms with Crippen LogP contribution in [0.3, 0.4) is 0 Å². The number of piperazine rings is 1. The van der Waals surface area contributed by atoms with E-state index in [1.54, 1.807) is 19.2 Å². The van der Waals surface area contributed by atoms with Crippen molar-refractivity contribution in [1.29, 1.82) is 0 Å². The van der Waals surface area contributed by atoms with Gasteiger partial charge in [0, 0.05) is 32.7 Å². The van der Waals surface area contributed by atoms with E-state index in [-0.39, 0.29) is 5.75 Å². The number of hydrogen-bond acceptors (Lipinski definition) is 5. The summed E-state index contributed by atoms with van der Waals surface area (Å²) in [5.41, 5.74) is 2.27. The van der Waals surface area contributed by atoms with Crippen LogP contribution in [0, 0.1) is 0 Å². The average Bonchev–Trinajstić information content (AvgIpc) is 2.63. The molecule has 1 fully saturated rings. The zero-order valence-corrected chi connectivity index (χ0v) is 13.9. The molecule has 0 spiro atoms. The lowest BCUT2D eigenvalue weighted by atomic mass is 10.2. The Labute approximate surface area is 142 Å². The summed E-state index contributed by atoms with van der Waals surface area (Å²) in [5, 5.41) is 16.2. The number of aromatic hydroxyl groups is 1. The predicted octanol–water partition coefficient (Wildman–Crippen LogP) is 2.55. The molecule has 0 aromatic heterocycles. The molecule has 5 nitrogen and oxygen atoms in total. The van der Waals surface area contributed by atoms with Crippen LogP contribution in [0.2, 0.25) is 0 Å². The van der Waals surface area contributed by atoms with Crippen molar-refractivity contribution in [3.8, 4) is 11.5 Å². The molecule has 2 aromatic rings. The number of methoxy groups -OCH3 is 1. The van der Waals surface area contributed by atoms with Gasteiger partial charge in [0.05, 0.1) is 13.3 Å². The van der Waals surface area contributed by atoms with Crippen LogP contribution >= 0.6 is 0 Å². The smallest absolute Gasteiger partial charge is 0.161 e. The van der Waals surface area contributed by atoms with E-state index in [0.29, 0.717) is 5.75 Å². The Morgan fingerprint density at radius 2 is 1.83 bits per heavy atom. The van der Waals surface area contributed by atoms with Crippen LogP contribution < -0.4 is 4.74 Å². The summed E-state index contributed by atoms with van der Waals surface area (Å²) in [5.74, 6) is 0.607. The zero-order chi connectivity index (χ0) is 16.8. The first-order valence-corrected chi connectivity index (χ1v) is 8.17. The highest BCUT2D eigenvalue weighted by Gasteiger charge is 2.15. The largest absolute Gasteiger partial charge is 0.504 e. The number of nitrogens with zero attached hydrogens (tertiary/aromatic N) is 3. The number of phenols is 1. The highest BCUT2D eigenvalue weighted by molar-refractivity contribution is 5.80. The normalized spacial score (nSPS) is 15.8. The molecule has 0 radical (unpaired) electrons. The molecule has 2 aromatic carbocycles. The minimum atomic E-state index is 0.143. The summed E-state index contributed by atoms with van der Waals surface area (Å²) in [7, 11) is 1.54. The lowest BCUT2D eigenvalue weighted by Gasteiger charge is -2.33. The van der Waals surface area contributed by atoms with Crippen LogP contribution in [0.15, 0.2) is 53.6 Å². The Hall–Kier alpha value is -2.53. The second kappa shape index (κ2) is 7.84. The van der Waals surface area contributed by atoms with Crippen molar-refractivity contribution in [2.75, 3.05) is 33.3 Å². The van der Waals surface area contributed by atoms with Gasteiger partial charge in [-0.3, -0.25) is 9.91 Å². The third-order valence-corrected chi connectivity index (χ3v) is 4.17. The number of ether oxygens (including phenoxy) is 1. The average molecular weight is 325 g/mol. The molecule has 3 rings (SSSR count). The Kier molecular flexibility index (Phi) is 5.33. The molecular weight excluding hydrogens is 302 g/mol. The van der Waals surface area contributed by atoms with Crippen molar-refractivity contribution < 1.29 is 9.84 Å². The Bertz CT molecular complexity index is 680. The second-order valence-corrected chi connectivity index (χ2v) is 5.89. The van der Waals surface area contributed by atoms with Crippen molar-refractivity contribution in [3.05, 3.63) is 59.7 Å². The Balaban J connectivity index is 1.51. The van der Waals surface area contributed by atoms with Crippen molar-refractivity contribution in [3.63, 3.8) is 0 Å². The molecule has 1 N–H and O–H groups in total. The van der Waals surface area contributed by atoms with Gasteiger partial charge in [-0.1, -0.05) is 30.3 Å². The van der Waals surface area contributed by atoms with Crippen LogP contribution in [-0.2, 0) is 6.54 Å². The predicted molar refractivity (Wildman–Crippen MR) is 95.5 cm³/mol. The Morgan fingerprint density at radius 1 is 1.08 bits per heavy atom. The summed E-state index contributed by atoms with van der Waals surface area (Å²) in [6.45, 7) is 4.83. The maximum absolute atomic E-state index is 9.62. The Morgan fingerprint density at radius 3 is 2.54 bits per heavy atom. The molecule has 5 heteroatoms. The molecule has 1 aliphatic heterocycles. The molecule has 126 valence electrons. The minimum absolute atomic E-state index is 0.143. The van der Waals surface area contributed by atoms with Gasteiger partial charge in [0.1, 0.15) is 0 Å². The van der Waals surface area contributed by atoms with Gasteiger partial charge in [0.2, 0.25) is 0 Å². The molecule has 0 amide bonds. The molecule has 0 saturated carbocycles. The van der Waals surface area contributed by atoms with Crippen molar-refractivity contribution >= 4 is 6.21 Å². The van der Waals surface area contributed by atoms with Crippen molar-refractivity contribution in [2.24, 2.45) is 5.10 Å². The first-order chi connectivity index (χ1) is 11.7. The summed E-state index contributed by atoms with van der Waals surface area (Å²) in [6, 6.07) is 15.8. The fourth-order valence-corrected chi connectivity index (χ4v) is 2.78. The molecule has 0 aliphatic carbocycles. The van der Waals surface area contributed by atoms with E-state index in [1.165, 1.54) is 5.56 Å². The third-order valence-electron chi connectivity index (χ3n) is 4.17. The SMILES string of the molecule is COc1cc(/C=N\N2CCN(Cc3ccccc3)CC2)ccc1O. The number of hydrogen-bond donors (Lipinski definition) is 1. The molecule has 0 unspecified atom stereocenters. The van der Waals surface area contributed by atoms with Crippen molar-refractivity contribution in [1.82, 2.24) is 9.91 Å². The summed E-state index contributed by atoms with van der Waals surface area (Å²) >= 11 is 0. The quantitative estimate of drug-likeness (QED) is 0.858. The lowest BCUT2D eigenvalue weighted by molar-refractivity contribution is 0.131. The van der Waals surface area contributed by atoms with E-state index in [1.807, 2.05) is 12.3 Å². The number of rotatable bonds is 5.